The van der Waals surface area contributed by atoms with Crippen molar-refractivity contribution in [2.75, 3.05) is 25.0 Å². The molecule has 3 atom stereocenters. The van der Waals surface area contributed by atoms with Gasteiger partial charge in [0.15, 0.2) is 0 Å². The Balaban J connectivity index is 1.04. The first kappa shape index (κ1) is 33.8. The summed E-state index contributed by atoms with van der Waals surface area (Å²) in [7, 11) is 0. The van der Waals surface area contributed by atoms with E-state index in [1.165, 1.54) is 6.33 Å². The van der Waals surface area contributed by atoms with Crippen LogP contribution in [-0.2, 0) is 11.3 Å². The lowest BCUT2D eigenvalue weighted by Gasteiger charge is -2.42. The number of rotatable bonds is 12. The summed E-state index contributed by atoms with van der Waals surface area (Å²) in [6, 6.07) is 8.39. The fourth-order valence-electron chi connectivity index (χ4n) is 7.23. The van der Waals surface area contributed by atoms with Gasteiger partial charge in [0.2, 0.25) is 5.95 Å². The van der Waals surface area contributed by atoms with Crippen LogP contribution in [0.2, 0.25) is 0 Å². The lowest BCUT2D eigenvalue weighted by atomic mass is 9.81. The molecule has 2 aliphatic carbocycles. The molecule has 50 heavy (non-hydrogen) atoms. The molecule has 0 bridgehead atoms. The van der Waals surface area contributed by atoms with E-state index in [-0.39, 0.29) is 31.0 Å². The summed E-state index contributed by atoms with van der Waals surface area (Å²) in [5.74, 6) is 1.28. The first-order valence-corrected chi connectivity index (χ1v) is 17.6. The van der Waals surface area contributed by atoms with E-state index in [0.29, 0.717) is 41.4 Å². The highest BCUT2D eigenvalue weighted by Gasteiger charge is 2.36. The molecule has 1 saturated heterocycles. The average molecular weight is 684 g/mol. The van der Waals surface area contributed by atoms with Crippen LogP contribution in [0.3, 0.4) is 0 Å². The number of aromatic nitrogens is 8. The van der Waals surface area contributed by atoms with Crippen molar-refractivity contribution in [3.63, 3.8) is 0 Å². The maximum atomic E-state index is 10.7. The molecule has 0 unspecified atom stereocenters. The third-order valence-corrected chi connectivity index (χ3v) is 9.96. The molecule has 1 aliphatic heterocycles. The van der Waals surface area contributed by atoms with Gasteiger partial charge >= 0.3 is 0 Å². The number of hydrogen-bond acceptors (Lipinski definition) is 13. The Morgan fingerprint density at radius 2 is 1.82 bits per heavy atom. The third-order valence-electron chi connectivity index (χ3n) is 9.96. The Kier molecular flexibility index (Phi) is 9.93. The van der Waals surface area contributed by atoms with E-state index in [4.69, 9.17) is 19.3 Å². The number of ether oxygens (including phenoxy) is 3. The van der Waals surface area contributed by atoms with Crippen LogP contribution in [0.4, 0.5) is 11.6 Å². The molecule has 15 nitrogen and oxygen atoms in total. The molecule has 3 fully saturated rings. The number of hydrogen-bond donors (Lipinski definition) is 2. The Morgan fingerprint density at radius 1 is 1.08 bits per heavy atom. The van der Waals surface area contributed by atoms with Gasteiger partial charge in [0.05, 0.1) is 42.2 Å². The highest BCUT2D eigenvalue weighted by molar-refractivity contribution is 5.67. The van der Waals surface area contributed by atoms with Gasteiger partial charge in [-0.1, -0.05) is 6.07 Å². The molecule has 0 spiro atoms. The van der Waals surface area contributed by atoms with Gasteiger partial charge < -0.3 is 24.6 Å². The van der Waals surface area contributed by atoms with Gasteiger partial charge in [0.25, 0.3) is 5.88 Å². The van der Waals surface area contributed by atoms with Crippen molar-refractivity contribution in [3.8, 4) is 28.8 Å². The Hall–Kier alpha value is -4.65. The molecule has 4 aromatic rings. The number of nitrogens with zero attached hydrogens (tertiary/aromatic N) is 10. The van der Waals surface area contributed by atoms with Crippen LogP contribution >= 0.6 is 0 Å². The smallest absolute Gasteiger partial charge is 0.257 e. The SMILES string of the molecule is C[C@@H]1CN(C2CCC(n3cc(Nc4ncc(-c5ccc(C#N)c(O[C@@H](C)Cn6cnnn6)c5)cn4)c(OCC4(O)CCC4)n3)CC2)C[C@H](C)O1. The van der Waals surface area contributed by atoms with Crippen LogP contribution in [-0.4, -0.2) is 99.6 Å². The first-order chi connectivity index (χ1) is 24.2. The van der Waals surface area contributed by atoms with Crippen LogP contribution in [0.1, 0.15) is 77.3 Å². The van der Waals surface area contributed by atoms with Crippen molar-refractivity contribution in [2.45, 2.75) is 108 Å². The van der Waals surface area contributed by atoms with Crippen molar-refractivity contribution < 1.29 is 19.3 Å². The van der Waals surface area contributed by atoms with Crippen LogP contribution in [0, 0.1) is 11.3 Å². The summed E-state index contributed by atoms with van der Waals surface area (Å²) in [5, 5.41) is 39.8. The zero-order valence-electron chi connectivity index (χ0n) is 28.9. The van der Waals surface area contributed by atoms with E-state index in [1.807, 2.05) is 29.9 Å². The number of benzene rings is 1. The summed E-state index contributed by atoms with van der Waals surface area (Å²) in [6.45, 7) is 8.80. The molecule has 4 heterocycles. The minimum Gasteiger partial charge on any atom is -0.487 e. The molecule has 0 radical (unpaired) electrons. The molecule has 1 aromatic carbocycles. The molecule has 3 aliphatic rings. The van der Waals surface area contributed by atoms with E-state index in [9.17, 15) is 10.4 Å². The first-order valence-electron chi connectivity index (χ1n) is 17.6. The summed E-state index contributed by atoms with van der Waals surface area (Å²) in [6.07, 6.45) is 13.9. The molecular weight excluding hydrogens is 638 g/mol. The van der Waals surface area contributed by atoms with Crippen molar-refractivity contribution >= 4 is 11.6 Å². The minimum atomic E-state index is -0.807. The van der Waals surface area contributed by atoms with Gasteiger partial charge in [0.1, 0.15) is 36.5 Å². The number of tetrazole rings is 1. The number of anilines is 2. The molecule has 264 valence electrons. The summed E-state index contributed by atoms with van der Waals surface area (Å²) < 4.78 is 21.8. The van der Waals surface area contributed by atoms with Crippen molar-refractivity contribution in [1.29, 1.82) is 5.26 Å². The highest BCUT2D eigenvalue weighted by atomic mass is 16.5. The molecular formula is C35H45N11O4. The second kappa shape index (κ2) is 14.7. The summed E-state index contributed by atoms with van der Waals surface area (Å²) >= 11 is 0. The van der Waals surface area contributed by atoms with Gasteiger partial charge in [-0.2, -0.15) is 5.26 Å². The quantitative estimate of drug-likeness (QED) is 0.217. The highest BCUT2D eigenvalue weighted by Crippen LogP contribution is 2.37. The van der Waals surface area contributed by atoms with E-state index < -0.39 is 5.60 Å². The lowest BCUT2D eigenvalue weighted by molar-refractivity contribution is -0.0852. The molecule has 2 saturated carbocycles. The molecule has 3 aromatic heterocycles. The van der Waals surface area contributed by atoms with Gasteiger partial charge in [0, 0.05) is 37.1 Å². The van der Waals surface area contributed by atoms with E-state index in [0.717, 1.165) is 69.2 Å². The number of nitriles is 1. The Labute approximate surface area is 291 Å². The normalized spacial score (nSPS) is 24.1. The van der Waals surface area contributed by atoms with E-state index in [2.05, 4.69) is 55.6 Å². The topological polar surface area (TPSA) is 174 Å². The Morgan fingerprint density at radius 3 is 2.48 bits per heavy atom. The maximum absolute atomic E-state index is 10.7. The Bertz CT molecular complexity index is 1750. The largest absolute Gasteiger partial charge is 0.487 e. The van der Waals surface area contributed by atoms with Gasteiger partial charge in [-0.05, 0) is 93.8 Å². The van der Waals surface area contributed by atoms with Gasteiger partial charge in [-0.25, -0.2) is 14.6 Å². The molecule has 7 rings (SSSR count). The van der Waals surface area contributed by atoms with E-state index in [1.54, 1.807) is 23.1 Å². The van der Waals surface area contributed by atoms with E-state index >= 15 is 0 Å². The third kappa shape index (κ3) is 7.88. The van der Waals surface area contributed by atoms with Crippen molar-refractivity contribution in [3.05, 3.63) is 48.7 Å². The number of aliphatic hydroxyl groups is 1. The molecule has 0 amide bonds. The predicted molar refractivity (Wildman–Crippen MR) is 183 cm³/mol. The summed E-state index contributed by atoms with van der Waals surface area (Å²) in [5.41, 5.74) is 1.84. The van der Waals surface area contributed by atoms with Crippen LogP contribution < -0.4 is 14.8 Å². The summed E-state index contributed by atoms with van der Waals surface area (Å²) in [4.78, 5) is 11.8. The predicted octanol–water partition coefficient (Wildman–Crippen LogP) is 4.30. The van der Waals surface area contributed by atoms with Gasteiger partial charge in [-0.15, -0.1) is 10.2 Å². The number of morpholine rings is 1. The number of nitrogens with one attached hydrogen (secondary N) is 1. The second-order valence-electron chi connectivity index (χ2n) is 14.1. The minimum absolute atomic E-state index is 0.191. The maximum Gasteiger partial charge on any atom is 0.257 e. The second-order valence-corrected chi connectivity index (χ2v) is 14.1. The van der Waals surface area contributed by atoms with Crippen LogP contribution in [0.15, 0.2) is 43.1 Å². The molecule has 2 N–H and O–H groups in total. The van der Waals surface area contributed by atoms with Gasteiger partial charge in [-0.3, -0.25) is 9.58 Å². The van der Waals surface area contributed by atoms with Crippen molar-refractivity contribution in [2.24, 2.45) is 0 Å². The average Bonchev–Trinajstić information content (AvgIpc) is 3.76. The lowest BCUT2D eigenvalue weighted by Crippen LogP contribution is -2.51. The zero-order valence-corrected chi connectivity index (χ0v) is 28.9. The molecule has 15 heteroatoms. The zero-order chi connectivity index (χ0) is 34.7. The standard InChI is InChI=1S/C35H45N11O4/c1-23-17-44(18-24(2)49-23)29-7-9-30(10-8-29)46-20-31(33(41-46)48-21-35(47)11-4-12-35)40-34-37-15-28(16-38-34)26-5-6-27(14-36)32(13-26)50-25(3)19-45-22-39-42-43-45/h5-6,13,15-16,20,22-25,29-30,47H,4,7-12,17-19,21H2,1-3H3,(H,37,38,40)/t23-,24+,25-,29?,30?/m0/s1. The fourth-order valence-corrected chi connectivity index (χ4v) is 7.23. The van der Waals surface area contributed by atoms with Crippen molar-refractivity contribution in [1.82, 2.24) is 44.9 Å². The fraction of sp³-hybridized carbons (Fsp3) is 0.571. The van der Waals surface area contributed by atoms with Crippen LogP contribution in [0.25, 0.3) is 11.1 Å². The van der Waals surface area contributed by atoms with Crippen LogP contribution in [0.5, 0.6) is 11.6 Å². The monoisotopic (exact) mass is 683 g/mol.